The van der Waals surface area contributed by atoms with Crippen molar-refractivity contribution >= 4 is 45.5 Å². The molecule has 1 saturated heterocycles. The molecule has 7 heteroatoms. The molecule has 1 amide bonds. The molecule has 170 valence electrons. The van der Waals surface area contributed by atoms with Gasteiger partial charge in [-0.2, -0.15) is 0 Å². The molecule has 0 saturated carbocycles. The minimum atomic E-state index is -0.330. The van der Waals surface area contributed by atoms with Crippen molar-refractivity contribution in [3.8, 4) is 0 Å². The van der Waals surface area contributed by atoms with Gasteiger partial charge in [0.2, 0.25) is 0 Å². The van der Waals surface area contributed by atoms with Crippen LogP contribution >= 0.6 is 11.8 Å². The highest BCUT2D eigenvalue weighted by Crippen LogP contribution is 2.35. The van der Waals surface area contributed by atoms with Crippen LogP contribution in [0.3, 0.4) is 0 Å². The molecule has 0 radical (unpaired) electrons. The van der Waals surface area contributed by atoms with E-state index in [9.17, 15) is 13.6 Å². The standard InChI is InChI=1S/C27H21F2N3OS/c1-2-32-26(33)25(34-27(32)30-22-13-11-21(29)12-14-22)15-19-17-31(24-6-4-3-5-23(19)24)16-18-7-9-20(28)10-8-18/h3-15,17H,2,16H2,1H3/b25-15+,30-27?. The predicted octanol–water partition coefficient (Wildman–Crippen LogP) is 6.59. The summed E-state index contributed by atoms with van der Waals surface area (Å²) in [4.78, 5) is 19.9. The zero-order chi connectivity index (χ0) is 23.7. The first-order valence-corrected chi connectivity index (χ1v) is 11.7. The van der Waals surface area contributed by atoms with Crippen LogP contribution in [0.2, 0.25) is 0 Å². The average molecular weight is 474 g/mol. The Morgan fingerprint density at radius 1 is 0.941 bits per heavy atom. The van der Waals surface area contributed by atoms with E-state index < -0.39 is 0 Å². The van der Waals surface area contributed by atoms with Crippen molar-refractivity contribution in [2.45, 2.75) is 13.5 Å². The van der Waals surface area contributed by atoms with Crippen LogP contribution in [0, 0.1) is 11.6 Å². The van der Waals surface area contributed by atoms with Gasteiger partial charge in [0, 0.05) is 35.8 Å². The Bertz CT molecular complexity index is 1420. The van der Waals surface area contributed by atoms with Crippen molar-refractivity contribution in [1.29, 1.82) is 0 Å². The fraction of sp³-hybridized carbons (Fsp3) is 0.111. The molecule has 3 aromatic carbocycles. The molecule has 0 N–H and O–H groups in total. The number of aliphatic imine (C=N–C) groups is 1. The Labute approximate surface area is 200 Å². The number of carbonyl (C=O) groups excluding carboxylic acids is 1. The molecule has 0 unspecified atom stereocenters. The van der Waals surface area contributed by atoms with E-state index in [-0.39, 0.29) is 17.5 Å². The van der Waals surface area contributed by atoms with E-state index >= 15 is 0 Å². The van der Waals surface area contributed by atoms with Crippen LogP contribution in [-0.2, 0) is 11.3 Å². The Morgan fingerprint density at radius 3 is 2.32 bits per heavy atom. The number of thioether (sulfide) groups is 1. The number of aromatic nitrogens is 1. The van der Waals surface area contributed by atoms with Crippen molar-refractivity contribution in [3.05, 3.63) is 107 Å². The summed E-state index contributed by atoms with van der Waals surface area (Å²) in [5.41, 5.74) is 3.53. The highest BCUT2D eigenvalue weighted by Gasteiger charge is 2.32. The fourth-order valence-electron chi connectivity index (χ4n) is 3.95. The third kappa shape index (κ3) is 4.39. The molecule has 0 spiro atoms. The van der Waals surface area contributed by atoms with Gasteiger partial charge in [-0.1, -0.05) is 30.3 Å². The lowest BCUT2D eigenvalue weighted by Crippen LogP contribution is -2.28. The van der Waals surface area contributed by atoms with Gasteiger partial charge < -0.3 is 4.57 Å². The van der Waals surface area contributed by atoms with Gasteiger partial charge in [0.15, 0.2) is 5.17 Å². The number of amidine groups is 1. The number of carbonyl (C=O) groups is 1. The van der Waals surface area contributed by atoms with E-state index in [0.717, 1.165) is 22.0 Å². The Morgan fingerprint density at radius 2 is 1.62 bits per heavy atom. The van der Waals surface area contributed by atoms with Crippen molar-refractivity contribution in [2.75, 3.05) is 6.54 Å². The van der Waals surface area contributed by atoms with Crippen molar-refractivity contribution in [3.63, 3.8) is 0 Å². The maximum absolute atomic E-state index is 13.3. The van der Waals surface area contributed by atoms with Crippen molar-refractivity contribution in [1.82, 2.24) is 9.47 Å². The topological polar surface area (TPSA) is 37.6 Å². The van der Waals surface area contributed by atoms with E-state index in [1.807, 2.05) is 43.5 Å². The fourth-order valence-corrected chi connectivity index (χ4v) is 5.00. The quantitative estimate of drug-likeness (QED) is 0.307. The molecular weight excluding hydrogens is 452 g/mol. The third-order valence-corrected chi connectivity index (χ3v) is 6.63. The zero-order valence-electron chi connectivity index (χ0n) is 18.4. The molecule has 0 bridgehead atoms. The summed E-state index contributed by atoms with van der Waals surface area (Å²) >= 11 is 1.31. The lowest BCUT2D eigenvalue weighted by molar-refractivity contribution is -0.122. The summed E-state index contributed by atoms with van der Waals surface area (Å²) in [5, 5.41) is 1.60. The number of hydrogen-bond acceptors (Lipinski definition) is 3. The first-order chi connectivity index (χ1) is 16.5. The second-order valence-electron chi connectivity index (χ2n) is 7.89. The van der Waals surface area contributed by atoms with Crippen LogP contribution in [0.4, 0.5) is 14.5 Å². The van der Waals surface area contributed by atoms with Crippen LogP contribution in [0.1, 0.15) is 18.1 Å². The van der Waals surface area contributed by atoms with Gasteiger partial charge >= 0.3 is 0 Å². The number of hydrogen-bond donors (Lipinski definition) is 0. The molecule has 0 aliphatic carbocycles. The first kappa shape index (κ1) is 22.1. The number of amides is 1. The Kier molecular flexibility index (Phi) is 6.02. The maximum Gasteiger partial charge on any atom is 0.266 e. The van der Waals surface area contributed by atoms with Gasteiger partial charge in [-0.3, -0.25) is 9.69 Å². The van der Waals surface area contributed by atoms with Gasteiger partial charge in [-0.05, 0) is 72.8 Å². The summed E-state index contributed by atoms with van der Waals surface area (Å²) < 4.78 is 28.7. The molecule has 1 fully saturated rings. The lowest BCUT2D eigenvalue weighted by Gasteiger charge is -2.11. The monoisotopic (exact) mass is 473 g/mol. The van der Waals surface area contributed by atoms with Crippen molar-refractivity contribution in [2.24, 2.45) is 4.99 Å². The molecule has 0 atom stereocenters. The lowest BCUT2D eigenvalue weighted by atomic mass is 10.1. The molecule has 1 aromatic heterocycles. The smallest absolute Gasteiger partial charge is 0.266 e. The summed E-state index contributed by atoms with van der Waals surface area (Å²) in [7, 11) is 0. The second-order valence-corrected chi connectivity index (χ2v) is 8.90. The van der Waals surface area contributed by atoms with Gasteiger partial charge in [-0.15, -0.1) is 0 Å². The minimum absolute atomic E-state index is 0.108. The molecule has 4 nitrogen and oxygen atoms in total. The van der Waals surface area contributed by atoms with E-state index in [4.69, 9.17) is 0 Å². The Balaban J connectivity index is 1.50. The van der Waals surface area contributed by atoms with Crippen LogP contribution in [0.25, 0.3) is 17.0 Å². The number of para-hydroxylation sites is 1. The number of rotatable bonds is 5. The highest BCUT2D eigenvalue weighted by molar-refractivity contribution is 8.18. The number of halogens is 2. The maximum atomic E-state index is 13.3. The minimum Gasteiger partial charge on any atom is -0.342 e. The predicted molar refractivity (Wildman–Crippen MR) is 134 cm³/mol. The Hall–Kier alpha value is -3.71. The zero-order valence-corrected chi connectivity index (χ0v) is 19.2. The summed E-state index contributed by atoms with van der Waals surface area (Å²) in [6, 6.07) is 20.3. The van der Waals surface area contributed by atoms with Gasteiger partial charge in [0.05, 0.1) is 10.6 Å². The largest absolute Gasteiger partial charge is 0.342 e. The van der Waals surface area contributed by atoms with E-state index in [1.165, 1.54) is 36.0 Å². The number of nitrogens with zero attached hydrogens (tertiary/aromatic N) is 3. The highest BCUT2D eigenvalue weighted by atomic mass is 32.2. The molecule has 5 rings (SSSR count). The summed E-state index contributed by atoms with van der Waals surface area (Å²) in [6.45, 7) is 2.97. The van der Waals surface area contributed by atoms with Crippen LogP contribution in [0.5, 0.6) is 0 Å². The van der Waals surface area contributed by atoms with E-state index in [1.54, 1.807) is 29.2 Å². The van der Waals surface area contributed by atoms with Crippen LogP contribution < -0.4 is 0 Å². The molecular formula is C27H21F2N3OS. The van der Waals surface area contributed by atoms with Gasteiger partial charge in [0.25, 0.3) is 5.91 Å². The van der Waals surface area contributed by atoms with Crippen LogP contribution in [-0.4, -0.2) is 27.1 Å². The molecule has 2 heterocycles. The van der Waals surface area contributed by atoms with Crippen molar-refractivity contribution < 1.29 is 13.6 Å². The molecule has 1 aliphatic heterocycles. The molecule has 4 aromatic rings. The third-order valence-electron chi connectivity index (χ3n) is 5.63. The number of benzene rings is 3. The van der Waals surface area contributed by atoms with E-state index in [0.29, 0.717) is 28.8 Å². The molecule has 1 aliphatic rings. The number of likely N-dealkylation sites (N-methyl/N-ethyl adjacent to an activating group) is 1. The summed E-state index contributed by atoms with van der Waals surface area (Å²) in [5.74, 6) is -0.699. The normalized spacial score (nSPS) is 16.3. The number of fused-ring (bicyclic) bond motifs is 1. The summed E-state index contributed by atoms with van der Waals surface area (Å²) in [6.07, 6.45) is 3.91. The average Bonchev–Trinajstić information content (AvgIpc) is 3.33. The second kappa shape index (κ2) is 9.27. The van der Waals surface area contributed by atoms with E-state index in [2.05, 4.69) is 9.56 Å². The van der Waals surface area contributed by atoms with Gasteiger partial charge in [-0.25, -0.2) is 13.8 Å². The van der Waals surface area contributed by atoms with Crippen LogP contribution in [0.15, 0.2) is 88.9 Å². The SMILES string of the molecule is CCN1C(=O)/C(=C\c2cn(Cc3ccc(F)cc3)c3ccccc23)SC1=Nc1ccc(F)cc1. The van der Waals surface area contributed by atoms with Gasteiger partial charge in [0.1, 0.15) is 11.6 Å². The molecule has 34 heavy (non-hydrogen) atoms. The first-order valence-electron chi connectivity index (χ1n) is 10.9.